The number of carbonyl (C=O) groups excluding carboxylic acids is 1. The maximum atomic E-state index is 12.6. The average Bonchev–Trinajstić information content (AvgIpc) is 2.74. The third kappa shape index (κ3) is 8.20. The van der Waals surface area contributed by atoms with E-state index in [2.05, 4.69) is 18.2 Å². The summed E-state index contributed by atoms with van der Waals surface area (Å²) < 4.78 is 91.0. The monoisotopic (exact) mass is 465 g/mol. The number of amides is 1. The second kappa shape index (κ2) is 11.5. The number of nitrogens with one attached hydrogen (secondary N) is 1. The molecule has 1 amide bonds. The van der Waals surface area contributed by atoms with Crippen LogP contribution in [-0.4, -0.2) is 24.2 Å². The molecule has 1 aliphatic rings. The lowest BCUT2D eigenvalue weighted by atomic mass is 10.1. The number of hydrogen-bond donors (Lipinski definition) is 2. The van der Waals surface area contributed by atoms with Gasteiger partial charge in [0.1, 0.15) is 12.4 Å². The first-order valence-electron chi connectivity index (χ1n) is 8.75. The van der Waals surface area contributed by atoms with E-state index in [-0.39, 0.29) is 30.4 Å². The number of carbonyl (C=O) groups is 1. The molecule has 4 nitrogen and oxygen atoms in total. The summed E-state index contributed by atoms with van der Waals surface area (Å²) in [6.07, 6.45) is -1.74. The summed E-state index contributed by atoms with van der Waals surface area (Å²) in [6.45, 7) is -0.331. The van der Waals surface area contributed by atoms with Crippen LogP contribution in [0.25, 0.3) is 0 Å². The van der Waals surface area contributed by atoms with Gasteiger partial charge in [-0.3, -0.25) is 4.79 Å². The maximum Gasteiger partial charge on any atom is 0.416 e. The van der Waals surface area contributed by atoms with Gasteiger partial charge in [0.25, 0.3) is 0 Å². The minimum atomic E-state index is -4.87. The molecule has 0 radical (unpaired) electrons. The zero-order valence-corrected chi connectivity index (χ0v) is 16.3. The van der Waals surface area contributed by atoms with Gasteiger partial charge in [-0.15, -0.1) is 12.8 Å². The highest BCUT2D eigenvalue weighted by molar-refractivity contribution is 5.78. The van der Waals surface area contributed by atoms with E-state index in [4.69, 9.17) is 9.84 Å². The fourth-order valence-electron chi connectivity index (χ4n) is 2.53. The number of morpholine rings is 1. The van der Waals surface area contributed by atoms with Gasteiger partial charge in [0.05, 0.1) is 30.4 Å². The smallest absolute Gasteiger partial charge is 0.392 e. The Morgan fingerprint density at radius 3 is 1.88 bits per heavy atom. The van der Waals surface area contributed by atoms with Crippen LogP contribution in [0.2, 0.25) is 0 Å². The number of benzene rings is 2. The van der Waals surface area contributed by atoms with E-state index in [1.165, 1.54) is 12.1 Å². The van der Waals surface area contributed by atoms with Crippen molar-refractivity contribution in [2.75, 3.05) is 13.2 Å². The Kier molecular flexibility index (Phi) is 9.68. The first-order chi connectivity index (χ1) is 14.9. The summed E-state index contributed by atoms with van der Waals surface area (Å²) in [5, 5.41) is 11.3. The van der Waals surface area contributed by atoms with E-state index >= 15 is 0 Å². The van der Waals surface area contributed by atoms with E-state index < -0.39 is 35.6 Å². The second-order valence-electron chi connectivity index (χ2n) is 6.26. The molecule has 2 aromatic carbocycles. The van der Waals surface area contributed by atoms with Crippen LogP contribution in [-0.2, 0) is 28.5 Å². The van der Waals surface area contributed by atoms with E-state index in [0.29, 0.717) is 18.7 Å². The SMILES string of the molecule is C#C.O=C1COC[C@H](c2ccc(F)cc2)N1.OCc1cc(C(F)(F)F)cc(C(F)(F)F)c1. The third-order valence-electron chi connectivity index (χ3n) is 3.96. The molecule has 0 spiro atoms. The molecule has 0 bridgehead atoms. The molecule has 2 aromatic rings. The van der Waals surface area contributed by atoms with Gasteiger partial charge in [0.2, 0.25) is 5.91 Å². The number of terminal acetylenes is 1. The Morgan fingerprint density at radius 2 is 1.47 bits per heavy atom. The fraction of sp³-hybridized carbons (Fsp3) is 0.286. The van der Waals surface area contributed by atoms with Gasteiger partial charge in [-0.05, 0) is 41.5 Å². The fourth-order valence-corrected chi connectivity index (χ4v) is 2.53. The van der Waals surface area contributed by atoms with Gasteiger partial charge in [-0.25, -0.2) is 4.39 Å². The Hall–Kier alpha value is -3.10. The molecule has 32 heavy (non-hydrogen) atoms. The van der Waals surface area contributed by atoms with Crippen molar-refractivity contribution in [1.29, 1.82) is 0 Å². The largest absolute Gasteiger partial charge is 0.416 e. The van der Waals surface area contributed by atoms with Crippen molar-refractivity contribution in [3.8, 4) is 12.8 Å². The van der Waals surface area contributed by atoms with Crippen molar-refractivity contribution in [1.82, 2.24) is 5.32 Å². The van der Waals surface area contributed by atoms with Crippen molar-refractivity contribution in [2.24, 2.45) is 0 Å². The number of rotatable bonds is 2. The predicted octanol–water partition coefficient (Wildman–Crippen LogP) is 4.48. The molecule has 1 aliphatic heterocycles. The molecule has 11 heteroatoms. The zero-order chi connectivity index (χ0) is 24.5. The van der Waals surface area contributed by atoms with Gasteiger partial charge in [0.15, 0.2) is 0 Å². The van der Waals surface area contributed by atoms with Crippen molar-refractivity contribution in [2.45, 2.75) is 25.0 Å². The standard InChI is InChI=1S/C10H10FNO2.C9H6F6O.C2H2/c11-8-3-1-7(2-4-8)9-5-14-6-10(13)12-9;10-8(11,12)6-1-5(4-16)2-7(3-6)9(13,14)15;1-2/h1-4,9H,5-6H2,(H,12,13);1-3,16H,4H2;1-2H/t9-;;/m1../s1. The highest BCUT2D eigenvalue weighted by atomic mass is 19.4. The molecule has 0 saturated carbocycles. The molecule has 1 fully saturated rings. The van der Waals surface area contributed by atoms with Gasteiger partial charge < -0.3 is 15.2 Å². The highest BCUT2D eigenvalue weighted by Crippen LogP contribution is 2.36. The number of hydrogen-bond acceptors (Lipinski definition) is 3. The Bertz CT molecular complexity index is 874. The number of aliphatic hydroxyl groups excluding tert-OH is 1. The van der Waals surface area contributed by atoms with Crippen LogP contribution in [0.4, 0.5) is 30.7 Å². The summed E-state index contributed by atoms with van der Waals surface area (Å²) in [6, 6.07) is 6.86. The quantitative estimate of drug-likeness (QED) is 0.508. The summed E-state index contributed by atoms with van der Waals surface area (Å²) in [4.78, 5) is 11.0. The molecular weight excluding hydrogens is 447 g/mol. The Labute approximate surface area is 179 Å². The molecule has 1 atom stereocenters. The number of aliphatic hydroxyl groups is 1. The number of halogens is 7. The van der Waals surface area contributed by atoms with Crippen LogP contribution >= 0.6 is 0 Å². The first-order valence-corrected chi connectivity index (χ1v) is 8.75. The maximum absolute atomic E-state index is 12.6. The van der Waals surface area contributed by atoms with E-state index in [0.717, 1.165) is 5.56 Å². The molecule has 1 heterocycles. The minimum Gasteiger partial charge on any atom is -0.392 e. The molecule has 1 saturated heterocycles. The lowest BCUT2D eigenvalue weighted by Crippen LogP contribution is -2.39. The number of alkyl halides is 6. The topological polar surface area (TPSA) is 58.6 Å². The zero-order valence-electron chi connectivity index (χ0n) is 16.3. The van der Waals surface area contributed by atoms with Crippen LogP contribution in [0, 0.1) is 18.7 Å². The molecule has 3 rings (SSSR count). The van der Waals surface area contributed by atoms with Crippen LogP contribution < -0.4 is 5.32 Å². The second-order valence-corrected chi connectivity index (χ2v) is 6.26. The first kappa shape index (κ1) is 26.9. The van der Waals surface area contributed by atoms with Crippen LogP contribution in [0.1, 0.15) is 28.3 Å². The van der Waals surface area contributed by atoms with E-state index in [1.807, 2.05) is 0 Å². The summed E-state index contributed by atoms with van der Waals surface area (Å²) in [5.74, 6) is -0.414. The molecular formula is C21H18F7NO3. The van der Waals surface area contributed by atoms with Crippen molar-refractivity contribution in [3.63, 3.8) is 0 Å². The molecule has 0 aliphatic carbocycles. The summed E-state index contributed by atoms with van der Waals surface area (Å²) in [7, 11) is 0. The lowest BCUT2D eigenvalue weighted by Gasteiger charge is -2.23. The average molecular weight is 465 g/mol. The van der Waals surface area contributed by atoms with E-state index in [1.54, 1.807) is 12.1 Å². The molecule has 2 N–H and O–H groups in total. The van der Waals surface area contributed by atoms with Gasteiger partial charge >= 0.3 is 12.4 Å². The van der Waals surface area contributed by atoms with Gasteiger partial charge in [-0.1, -0.05) is 12.1 Å². The summed E-state index contributed by atoms with van der Waals surface area (Å²) >= 11 is 0. The summed E-state index contributed by atoms with van der Waals surface area (Å²) in [5.41, 5.74) is -2.42. The number of ether oxygens (including phenoxy) is 1. The van der Waals surface area contributed by atoms with Crippen molar-refractivity contribution < 1.29 is 45.4 Å². The predicted molar refractivity (Wildman–Crippen MR) is 100 cm³/mol. The normalized spacial score (nSPS) is 16.1. The Morgan fingerprint density at radius 1 is 0.969 bits per heavy atom. The van der Waals surface area contributed by atoms with Gasteiger partial charge in [-0.2, -0.15) is 26.3 Å². The van der Waals surface area contributed by atoms with Crippen LogP contribution in [0.3, 0.4) is 0 Å². The van der Waals surface area contributed by atoms with Crippen LogP contribution in [0.15, 0.2) is 42.5 Å². The van der Waals surface area contributed by atoms with E-state index in [9.17, 15) is 35.5 Å². The van der Waals surface area contributed by atoms with Gasteiger partial charge in [0, 0.05) is 0 Å². The highest BCUT2D eigenvalue weighted by Gasteiger charge is 2.36. The third-order valence-corrected chi connectivity index (χ3v) is 3.96. The molecule has 0 unspecified atom stereocenters. The Balaban J connectivity index is 0.000000299. The van der Waals surface area contributed by atoms with Crippen molar-refractivity contribution >= 4 is 5.91 Å². The molecule has 0 aromatic heterocycles. The van der Waals surface area contributed by atoms with Crippen LogP contribution in [0.5, 0.6) is 0 Å². The minimum absolute atomic E-state index is 0.0131. The van der Waals surface area contributed by atoms with Crippen molar-refractivity contribution in [3.05, 3.63) is 70.5 Å². The lowest BCUT2D eigenvalue weighted by molar-refractivity contribution is -0.143. The molecule has 174 valence electrons.